The number of furan rings is 2. The van der Waals surface area contributed by atoms with Crippen molar-refractivity contribution >= 4 is 60.9 Å². The smallest absolute Gasteiger partial charge is 0.144 e. The first-order chi connectivity index (χ1) is 32.0. The predicted octanol–water partition coefficient (Wildman–Crippen LogP) is 17.5. The fraction of sp³-hybridized carbons (Fsp3) is 0.143. The van der Waals surface area contributed by atoms with Crippen LogP contribution in [0.15, 0.2) is 185 Å². The first kappa shape index (κ1) is 37.7. The summed E-state index contributed by atoms with van der Waals surface area (Å²) in [5, 5.41) is 4.23. The van der Waals surface area contributed by atoms with Gasteiger partial charge in [0.05, 0.1) is 11.1 Å². The van der Waals surface area contributed by atoms with Crippen molar-refractivity contribution in [2.45, 2.75) is 57.8 Å². The first-order valence-corrected chi connectivity index (χ1v) is 23.3. The zero-order valence-corrected chi connectivity index (χ0v) is 38.0. The molecule has 11 aromatic rings. The number of para-hydroxylation sites is 1. The summed E-state index contributed by atoms with van der Waals surface area (Å²) >= 11 is 0. The van der Waals surface area contributed by atoms with Crippen LogP contribution in [-0.2, 0) is 16.2 Å². The van der Waals surface area contributed by atoms with E-state index in [9.17, 15) is 0 Å². The molecule has 0 saturated carbocycles. The fourth-order valence-corrected chi connectivity index (χ4v) is 12.6. The minimum absolute atomic E-state index is 0.160. The molecule has 0 N–H and O–H groups in total. The zero-order valence-electron chi connectivity index (χ0n) is 38.0. The minimum Gasteiger partial charge on any atom is -0.456 e. The molecule has 0 saturated heterocycles. The molecule has 0 spiro atoms. The Balaban J connectivity index is 1.05. The number of anilines is 3. The maximum atomic E-state index is 7.29. The quantitative estimate of drug-likeness (QED) is 0.177. The van der Waals surface area contributed by atoms with Crippen LogP contribution in [0.2, 0.25) is 0 Å². The molecule has 0 amide bonds. The highest BCUT2D eigenvalue weighted by molar-refractivity contribution is 6.25. The minimum atomic E-state index is -0.170. The van der Waals surface area contributed by atoms with E-state index in [4.69, 9.17) is 8.83 Å². The second-order valence-corrected chi connectivity index (χ2v) is 20.4. The molecule has 0 bridgehead atoms. The second kappa shape index (κ2) is 12.8. The molecule has 14 rings (SSSR count). The van der Waals surface area contributed by atoms with Crippen LogP contribution < -0.4 is 4.90 Å². The Hall–Kier alpha value is -7.62. The van der Waals surface area contributed by atoms with E-state index in [-0.39, 0.29) is 16.2 Å². The summed E-state index contributed by atoms with van der Waals surface area (Å²) in [6.07, 6.45) is 0. The molecule has 66 heavy (non-hydrogen) atoms. The molecule has 0 atom stereocenters. The molecular weight excluding hydrogens is 803 g/mol. The standard InChI is InChI=1S/C63H47NO2/c1-61(2)47-20-11-7-16-39(47)42-29-26-36(32-50(42)61)57-59-45-19-10-14-24-54(45)65-56(59)35-46-58-53(23-15-25-55(58)66-60(46)57)64(37-27-30-43-40-17-8-12-21-48(40)62(3,4)51(43)33-37)38-28-31-44-41-18-9-13-22-49(41)63(5,6)52(44)34-38/h7-35H,1-6H3. The number of hydrogen-bond acceptors (Lipinski definition) is 3. The summed E-state index contributed by atoms with van der Waals surface area (Å²) in [6, 6.07) is 65.1. The number of rotatable bonds is 4. The number of hydrogen-bond donors (Lipinski definition) is 0. The van der Waals surface area contributed by atoms with E-state index in [1.54, 1.807) is 0 Å². The molecule has 3 heteroatoms. The lowest BCUT2D eigenvalue weighted by molar-refractivity contribution is 0.660. The molecular formula is C63H47NO2. The predicted molar refractivity (Wildman–Crippen MR) is 274 cm³/mol. The van der Waals surface area contributed by atoms with Gasteiger partial charge in [-0.05, 0) is 127 Å². The summed E-state index contributed by atoms with van der Waals surface area (Å²) < 4.78 is 14.1. The third-order valence-electron chi connectivity index (χ3n) is 15.9. The molecule has 9 aromatic carbocycles. The van der Waals surface area contributed by atoms with Crippen molar-refractivity contribution in [1.82, 2.24) is 0 Å². The molecule has 3 nitrogen and oxygen atoms in total. The highest BCUT2D eigenvalue weighted by Gasteiger charge is 2.39. The molecule has 0 unspecified atom stereocenters. The van der Waals surface area contributed by atoms with Gasteiger partial charge < -0.3 is 13.7 Å². The molecule has 0 aliphatic heterocycles. The van der Waals surface area contributed by atoms with Crippen molar-refractivity contribution in [2.24, 2.45) is 0 Å². The Kier molecular flexibility index (Phi) is 7.32. The Labute approximate surface area is 384 Å². The van der Waals surface area contributed by atoms with E-state index >= 15 is 0 Å². The molecule has 0 fully saturated rings. The fourth-order valence-electron chi connectivity index (χ4n) is 12.6. The van der Waals surface area contributed by atoms with Gasteiger partial charge in [0.2, 0.25) is 0 Å². The van der Waals surface area contributed by atoms with Gasteiger partial charge in [0.15, 0.2) is 0 Å². The van der Waals surface area contributed by atoms with Crippen molar-refractivity contribution in [1.29, 1.82) is 0 Å². The summed E-state index contributed by atoms with van der Waals surface area (Å²) in [6.45, 7) is 14.2. The molecule has 316 valence electrons. The topological polar surface area (TPSA) is 29.5 Å². The molecule has 3 aliphatic carbocycles. The third kappa shape index (κ3) is 4.82. The van der Waals surface area contributed by atoms with Gasteiger partial charge in [0.25, 0.3) is 0 Å². The van der Waals surface area contributed by atoms with Gasteiger partial charge in [-0.3, -0.25) is 0 Å². The van der Waals surface area contributed by atoms with Crippen LogP contribution >= 0.6 is 0 Å². The summed E-state index contributed by atoms with van der Waals surface area (Å²) in [7, 11) is 0. The Morgan fingerprint density at radius 3 is 1.42 bits per heavy atom. The number of nitrogens with zero attached hydrogens (tertiary/aromatic N) is 1. The van der Waals surface area contributed by atoms with E-state index in [1.807, 2.05) is 0 Å². The second-order valence-electron chi connectivity index (χ2n) is 20.4. The Morgan fingerprint density at radius 1 is 0.348 bits per heavy atom. The van der Waals surface area contributed by atoms with E-state index in [0.29, 0.717) is 0 Å². The van der Waals surface area contributed by atoms with Crippen LogP contribution in [0.5, 0.6) is 0 Å². The van der Waals surface area contributed by atoms with Crippen LogP contribution in [0, 0.1) is 0 Å². The van der Waals surface area contributed by atoms with E-state index in [1.165, 1.54) is 66.8 Å². The van der Waals surface area contributed by atoms with Gasteiger partial charge in [-0.25, -0.2) is 0 Å². The van der Waals surface area contributed by atoms with E-state index in [2.05, 4.69) is 222 Å². The molecule has 2 heterocycles. The summed E-state index contributed by atoms with van der Waals surface area (Å²) in [5.74, 6) is 0. The van der Waals surface area contributed by atoms with Crippen LogP contribution in [0.3, 0.4) is 0 Å². The largest absolute Gasteiger partial charge is 0.456 e. The Morgan fingerprint density at radius 2 is 0.833 bits per heavy atom. The molecule has 0 radical (unpaired) electrons. The van der Waals surface area contributed by atoms with Gasteiger partial charge in [0.1, 0.15) is 22.3 Å². The van der Waals surface area contributed by atoms with Crippen molar-refractivity contribution < 1.29 is 8.83 Å². The van der Waals surface area contributed by atoms with Crippen LogP contribution in [0.1, 0.15) is 74.9 Å². The average molecular weight is 850 g/mol. The Bertz CT molecular complexity index is 3820. The highest BCUT2D eigenvalue weighted by Crippen LogP contribution is 2.56. The van der Waals surface area contributed by atoms with Crippen molar-refractivity contribution in [2.75, 3.05) is 4.90 Å². The van der Waals surface area contributed by atoms with Crippen LogP contribution in [0.4, 0.5) is 17.1 Å². The summed E-state index contributed by atoms with van der Waals surface area (Å²) in [4.78, 5) is 2.48. The van der Waals surface area contributed by atoms with Gasteiger partial charge in [-0.2, -0.15) is 0 Å². The van der Waals surface area contributed by atoms with Gasteiger partial charge in [-0.1, -0.05) is 163 Å². The van der Waals surface area contributed by atoms with Gasteiger partial charge in [0, 0.05) is 49.3 Å². The normalized spacial score (nSPS) is 15.5. The zero-order chi connectivity index (χ0) is 44.4. The number of fused-ring (bicyclic) bond motifs is 15. The third-order valence-corrected chi connectivity index (χ3v) is 15.9. The monoisotopic (exact) mass is 849 g/mol. The lowest BCUT2D eigenvalue weighted by Crippen LogP contribution is -2.18. The van der Waals surface area contributed by atoms with Gasteiger partial charge in [-0.15, -0.1) is 0 Å². The molecule has 2 aromatic heterocycles. The van der Waals surface area contributed by atoms with Crippen LogP contribution in [-0.4, -0.2) is 0 Å². The maximum absolute atomic E-state index is 7.29. The van der Waals surface area contributed by atoms with Crippen molar-refractivity contribution in [3.8, 4) is 44.5 Å². The summed E-state index contributed by atoms with van der Waals surface area (Å²) in [5.41, 5.74) is 24.3. The van der Waals surface area contributed by atoms with E-state index < -0.39 is 0 Å². The van der Waals surface area contributed by atoms with Crippen molar-refractivity contribution in [3.05, 3.63) is 209 Å². The highest BCUT2D eigenvalue weighted by atomic mass is 16.3. The van der Waals surface area contributed by atoms with E-state index in [0.717, 1.165) is 72.1 Å². The average Bonchev–Trinajstić information content (AvgIpc) is 4.08. The SMILES string of the molecule is CC1(C)c2ccccc2-c2ccc(-c3c4oc5cccc(N(c6ccc7c(c6)C(C)(C)c6ccccc6-7)c6ccc7c(c6)C(C)(C)c6ccccc6-7)c5c4cc4oc5ccccc5c34)cc21. The number of benzene rings is 9. The van der Waals surface area contributed by atoms with Crippen molar-refractivity contribution in [3.63, 3.8) is 0 Å². The lowest BCUT2D eigenvalue weighted by atomic mass is 9.81. The molecule has 3 aliphatic rings. The first-order valence-electron chi connectivity index (χ1n) is 23.3. The van der Waals surface area contributed by atoms with Crippen LogP contribution in [0.25, 0.3) is 88.4 Å². The maximum Gasteiger partial charge on any atom is 0.144 e. The lowest BCUT2D eigenvalue weighted by Gasteiger charge is -2.30. The van der Waals surface area contributed by atoms with Gasteiger partial charge >= 0.3 is 0 Å².